The van der Waals surface area contributed by atoms with E-state index in [1.165, 1.54) is 12.1 Å². The van der Waals surface area contributed by atoms with Crippen molar-refractivity contribution >= 4 is 9.84 Å². The molecule has 0 aliphatic carbocycles. The van der Waals surface area contributed by atoms with Crippen LogP contribution in [0.1, 0.15) is 56.6 Å². The smallest absolute Gasteiger partial charge is 0.179 e. The normalized spacial score (nSPS) is 26.9. The number of aromatic hydroxyl groups is 1. The summed E-state index contributed by atoms with van der Waals surface area (Å²) in [6.07, 6.45) is 2.22. The lowest BCUT2D eigenvalue weighted by molar-refractivity contribution is 0.0174. The zero-order chi connectivity index (χ0) is 19.7. The number of rotatable bonds is 5. The van der Waals surface area contributed by atoms with E-state index in [1.54, 1.807) is 6.07 Å². The molecule has 0 fully saturated rings. The highest BCUT2D eigenvalue weighted by atomic mass is 32.2. The summed E-state index contributed by atoms with van der Waals surface area (Å²) in [5, 5.41) is 21.5. The zero-order valence-electron chi connectivity index (χ0n) is 15.9. The van der Waals surface area contributed by atoms with Crippen molar-refractivity contribution in [2.45, 2.75) is 56.4 Å². The van der Waals surface area contributed by atoms with Crippen LogP contribution in [0.4, 0.5) is 0 Å². The molecule has 0 saturated heterocycles. The van der Waals surface area contributed by atoms with Crippen molar-refractivity contribution < 1.29 is 18.6 Å². The van der Waals surface area contributed by atoms with Crippen LogP contribution < -0.4 is 0 Å². The molecule has 1 unspecified atom stereocenters. The van der Waals surface area contributed by atoms with Crippen molar-refractivity contribution in [1.82, 2.24) is 0 Å². The maximum absolute atomic E-state index is 13.3. The molecule has 2 aromatic rings. The molecular formula is C22H28O4S. The predicted molar refractivity (Wildman–Crippen MR) is 107 cm³/mol. The Labute approximate surface area is 161 Å². The van der Waals surface area contributed by atoms with Gasteiger partial charge in [0.05, 0.1) is 16.8 Å². The Morgan fingerprint density at radius 3 is 2.44 bits per heavy atom. The molecule has 2 aromatic carbocycles. The molecule has 0 aromatic heterocycles. The second-order valence-electron chi connectivity index (χ2n) is 7.63. The molecule has 0 spiro atoms. The molecule has 1 heterocycles. The molecule has 0 radical (unpaired) electrons. The Morgan fingerprint density at radius 2 is 1.81 bits per heavy atom. The van der Waals surface area contributed by atoms with Gasteiger partial charge in [-0.25, -0.2) is 8.42 Å². The average molecular weight is 389 g/mol. The third-order valence-corrected chi connectivity index (χ3v) is 7.96. The summed E-state index contributed by atoms with van der Waals surface area (Å²) in [4.78, 5) is 0.141. The molecule has 2 N–H and O–H groups in total. The molecule has 3 rings (SSSR count). The summed E-state index contributed by atoms with van der Waals surface area (Å²) in [6.45, 7) is 4.03. The molecule has 146 valence electrons. The molecule has 1 aliphatic rings. The van der Waals surface area contributed by atoms with E-state index in [0.29, 0.717) is 18.4 Å². The minimum atomic E-state index is -3.64. The maximum atomic E-state index is 13.3. The maximum Gasteiger partial charge on any atom is 0.179 e. The van der Waals surface area contributed by atoms with Gasteiger partial charge in [-0.1, -0.05) is 63.1 Å². The summed E-state index contributed by atoms with van der Waals surface area (Å²) in [6, 6.07) is 14.1. The number of fused-ring (bicyclic) bond motifs is 1. The molecule has 27 heavy (non-hydrogen) atoms. The van der Waals surface area contributed by atoms with Crippen LogP contribution in [0, 0.1) is 5.41 Å². The number of aliphatic hydroxyl groups is 1. The van der Waals surface area contributed by atoms with Crippen LogP contribution in [0.3, 0.4) is 0 Å². The van der Waals surface area contributed by atoms with Crippen molar-refractivity contribution in [1.29, 1.82) is 0 Å². The lowest BCUT2D eigenvalue weighted by Gasteiger charge is -2.39. The van der Waals surface area contributed by atoms with Crippen LogP contribution in [-0.4, -0.2) is 30.5 Å². The Hall–Kier alpha value is -1.85. The Balaban J connectivity index is 2.28. The summed E-state index contributed by atoms with van der Waals surface area (Å²) in [5.41, 5.74) is 0.742. The van der Waals surface area contributed by atoms with Gasteiger partial charge >= 0.3 is 0 Å². The first-order valence-electron chi connectivity index (χ1n) is 9.63. The van der Waals surface area contributed by atoms with Crippen LogP contribution in [0.5, 0.6) is 5.75 Å². The van der Waals surface area contributed by atoms with Gasteiger partial charge in [-0.05, 0) is 36.1 Å². The van der Waals surface area contributed by atoms with Gasteiger partial charge in [-0.2, -0.15) is 0 Å². The summed E-state index contributed by atoms with van der Waals surface area (Å²) in [7, 11) is -3.64. The second-order valence-corrected chi connectivity index (χ2v) is 9.59. The van der Waals surface area contributed by atoms with Gasteiger partial charge in [-0.3, -0.25) is 0 Å². The van der Waals surface area contributed by atoms with E-state index in [1.807, 2.05) is 37.3 Å². The highest BCUT2D eigenvalue weighted by molar-refractivity contribution is 7.91. The fourth-order valence-electron chi connectivity index (χ4n) is 4.37. The Bertz CT molecular complexity index is 892. The lowest BCUT2D eigenvalue weighted by Crippen LogP contribution is -2.42. The van der Waals surface area contributed by atoms with Gasteiger partial charge in [0.2, 0.25) is 0 Å². The standard InChI is InChI=1S/C22H28O4S/c1-3-5-13-22(4-2)15-27(25,26)19-14-17(23)11-12-18(19)20(21(22)24)16-9-7-6-8-10-16/h6-12,14,20-21,23-24H,3-5,13,15H2,1-2H3/t20-,21?,22+/m0/s1. The van der Waals surface area contributed by atoms with Gasteiger partial charge in [0.15, 0.2) is 9.84 Å². The van der Waals surface area contributed by atoms with E-state index in [9.17, 15) is 18.6 Å². The van der Waals surface area contributed by atoms with E-state index in [0.717, 1.165) is 18.4 Å². The number of aliphatic hydroxyl groups excluding tert-OH is 1. The summed E-state index contributed by atoms with van der Waals surface area (Å²) >= 11 is 0. The fraction of sp³-hybridized carbons (Fsp3) is 0.455. The van der Waals surface area contributed by atoms with Gasteiger partial charge in [0.25, 0.3) is 0 Å². The fourth-order valence-corrected chi connectivity index (χ4v) is 6.66. The number of unbranched alkanes of at least 4 members (excludes halogenated alkanes) is 1. The number of benzene rings is 2. The summed E-state index contributed by atoms with van der Waals surface area (Å²) < 4.78 is 26.6. The second kappa shape index (κ2) is 7.64. The van der Waals surface area contributed by atoms with E-state index in [2.05, 4.69) is 6.92 Å². The third-order valence-electron chi connectivity index (χ3n) is 5.98. The van der Waals surface area contributed by atoms with E-state index < -0.39 is 27.3 Å². The van der Waals surface area contributed by atoms with Gasteiger partial charge in [0, 0.05) is 11.3 Å². The van der Waals surface area contributed by atoms with E-state index in [-0.39, 0.29) is 16.4 Å². The molecular weight excluding hydrogens is 360 g/mol. The minimum Gasteiger partial charge on any atom is -0.508 e. The first kappa shape index (κ1) is 19.9. The summed E-state index contributed by atoms with van der Waals surface area (Å²) in [5.74, 6) is -0.621. The number of hydrogen-bond acceptors (Lipinski definition) is 4. The molecule has 5 heteroatoms. The molecule has 0 bridgehead atoms. The number of sulfone groups is 1. The van der Waals surface area contributed by atoms with Crippen molar-refractivity contribution in [2.75, 3.05) is 5.75 Å². The molecule has 0 amide bonds. The van der Waals surface area contributed by atoms with Gasteiger partial charge < -0.3 is 10.2 Å². The molecule has 4 nitrogen and oxygen atoms in total. The number of phenols is 1. The van der Waals surface area contributed by atoms with E-state index >= 15 is 0 Å². The highest BCUT2D eigenvalue weighted by Crippen LogP contribution is 2.49. The molecule has 1 aliphatic heterocycles. The van der Waals surface area contributed by atoms with Crippen molar-refractivity contribution in [3.05, 3.63) is 59.7 Å². The number of hydrogen-bond donors (Lipinski definition) is 2. The van der Waals surface area contributed by atoms with E-state index in [4.69, 9.17) is 0 Å². The van der Waals surface area contributed by atoms with Crippen LogP contribution in [-0.2, 0) is 9.84 Å². The SMILES string of the molecule is CCCC[C@]1(CC)CS(=O)(=O)c2cc(O)ccc2[C@H](c2ccccc2)C1O. The molecule has 0 saturated carbocycles. The Kier molecular flexibility index (Phi) is 5.63. The van der Waals surface area contributed by atoms with Gasteiger partial charge in [-0.15, -0.1) is 0 Å². The van der Waals surface area contributed by atoms with Crippen molar-refractivity contribution in [3.63, 3.8) is 0 Å². The quantitative estimate of drug-likeness (QED) is 0.803. The van der Waals surface area contributed by atoms with Crippen LogP contribution >= 0.6 is 0 Å². The Morgan fingerprint density at radius 1 is 1.11 bits per heavy atom. The van der Waals surface area contributed by atoms with Crippen molar-refractivity contribution in [2.24, 2.45) is 5.41 Å². The highest BCUT2D eigenvalue weighted by Gasteiger charge is 2.48. The number of phenolic OH excluding ortho intramolecular Hbond substituents is 1. The average Bonchev–Trinajstić information content (AvgIpc) is 2.73. The van der Waals surface area contributed by atoms with Crippen molar-refractivity contribution in [3.8, 4) is 5.75 Å². The van der Waals surface area contributed by atoms with Crippen LogP contribution in [0.25, 0.3) is 0 Å². The first-order chi connectivity index (χ1) is 12.8. The topological polar surface area (TPSA) is 74.6 Å². The largest absolute Gasteiger partial charge is 0.508 e. The predicted octanol–water partition coefficient (Wildman–Crippen LogP) is 4.26. The van der Waals surface area contributed by atoms with Crippen LogP contribution in [0.2, 0.25) is 0 Å². The first-order valence-corrected chi connectivity index (χ1v) is 11.3. The van der Waals surface area contributed by atoms with Gasteiger partial charge in [0.1, 0.15) is 5.75 Å². The lowest BCUT2D eigenvalue weighted by atomic mass is 9.69. The third kappa shape index (κ3) is 3.63. The zero-order valence-corrected chi connectivity index (χ0v) is 16.7. The molecule has 3 atom stereocenters. The monoisotopic (exact) mass is 388 g/mol. The van der Waals surface area contributed by atoms with Crippen LogP contribution in [0.15, 0.2) is 53.4 Å². The minimum absolute atomic E-state index is 0.0730.